The van der Waals surface area contributed by atoms with Gasteiger partial charge in [0.25, 0.3) is 0 Å². The molecule has 2 aliphatic heterocycles. The van der Waals surface area contributed by atoms with E-state index in [-0.39, 0.29) is 5.91 Å². The van der Waals surface area contributed by atoms with Crippen LogP contribution in [0.4, 0.5) is 0 Å². The van der Waals surface area contributed by atoms with Gasteiger partial charge in [-0.2, -0.15) is 0 Å². The summed E-state index contributed by atoms with van der Waals surface area (Å²) in [6.07, 6.45) is 0. The minimum Gasteiger partial charge on any atom is -0.340 e. The van der Waals surface area contributed by atoms with E-state index in [0.717, 1.165) is 39.3 Å². The van der Waals surface area contributed by atoms with Crippen LogP contribution in [0.25, 0.3) is 0 Å². The van der Waals surface area contributed by atoms with Gasteiger partial charge in [0.05, 0.1) is 0 Å². The van der Waals surface area contributed by atoms with Gasteiger partial charge in [0.2, 0.25) is 5.91 Å². The van der Waals surface area contributed by atoms with Gasteiger partial charge >= 0.3 is 0 Å². The SMILES string of the molecule is CC.CC(=O)N1CCN(C)CC1.CN1CCNCC1. The van der Waals surface area contributed by atoms with Crippen LogP contribution < -0.4 is 5.32 Å². The van der Waals surface area contributed by atoms with Gasteiger partial charge in [0.1, 0.15) is 0 Å². The molecule has 1 N–H and O–H groups in total. The van der Waals surface area contributed by atoms with Crippen molar-refractivity contribution in [1.82, 2.24) is 20.0 Å². The van der Waals surface area contributed by atoms with Gasteiger partial charge in [-0.15, -0.1) is 0 Å². The molecule has 114 valence electrons. The molecule has 5 nitrogen and oxygen atoms in total. The third-order valence-corrected chi connectivity index (χ3v) is 3.29. The van der Waals surface area contributed by atoms with Crippen molar-refractivity contribution in [3.8, 4) is 0 Å². The number of hydrogen-bond donors (Lipinski definition) is 1. The molecule has 1 amide bonds. The maximum absolute atomic E-state index is 10.8. The van der Waals surface area contributed by atoms with E-state index in [0.29, 0.717) is 0 Å². The molecule has 2 heterocycles. The summed E-state index contributed by atoms with van der Waals surface area (Å²) >= 11 is 0. The van der Waals surface area contributed by atoms with Gasteiger partial charge < -0.3 is 20.0 Å². The van der Waals surface area contributed by atoms with Crippen molar-refractivity contribution in [2.45, 2.75) is 20.8 Å². The van der Waals surface area contributed by atoms with Crippen LogP contribution in [-0.2, 0) is 4.79 Å². The molecule has 19 heavy (non-hydrogen) atoms. The van der Waals surface area contributed by atoms with Crippen molar-refractivity contribution in [2.75, 3.05) is 66.5 Å². The quantitative estimate of drug-likeness (QED) is 0.690. The summed E-state index contributed by atoms with van der Waals surface area (Å²) in [5, 5.41) is 3.27. The van der Waals surface area contributed by atoms with Gasteiger partial charge in [-0.1, -0.05) is 13.8 Å². The molecule has 0 saturated carbocycles. The number of likely N-dealkylation sites (N-methyl/N-ethyl adjacent to an activating group) is 2. The number of nitrogens with zero attached hydrogens (tertiary/aromatic N) is 3. The summed E-state index contributed by atoms with van der Waals surface area (Å²) in [5.41, 5.74) is 0. The summed E-state index contributed by atoms with van der Waals surface area (Å²) in [6.45, 7) is 14.2. The Hall–Kier alpha value is -0.650. The van der Waals surface area contributed by atoms with Crippen LogP contribution in [0.2, 0.25) is 0 Å². The third kappa shape index (κ3) is 8.97. The normalized spacial score (nSPS) is 20.8. The van der Waals surface area contributed by atoms with Crippen molar-refractivity contribution in [1.29, 1.82) is 0 Å². The topological polar surface area (TPSA) is 38.8 Å². The molecule has 2 fully saturated rings. The molecule has 0 bridgehead atoms. The number of rotatable bonds is 0. The predicted octanol–water partition coefficient (Wildman–Crippen LogP) is 0.328. The highest BCUT2D eigenvalue weighted by atomic mass is 16.2. The van der Waals surface area contributed by atoms with Crippen LogP contribution in [0.15, 0.2) is 0 Å². The second-order valence-electron chi connectivity index (χ2n) is 4.86. The zero-order chi connectivity index (χ0) is 14.7. The number of amides is 1. The summed E-state index contributed by atoms with van der Waals surface area (Å²) in [5.74, 6) is 0.202. The minimum atomic E-state index is 0.202. The Morgan fingerprint density at radius 1 is 0.842 bits per heavy atom. The van der Waals surface area contributed by atoms with Crippen LogP contribution in [-0.4, -0.2) is 87.1 Å². The van der Waals surface area contributed by atoms with Crippen LogP contribution in [0, 0.1) is 0 Å². The third-order valence-electron chi connectivity index (χ3n) is 3.29. The molecule has 0 unspecified atom stereocenters. The molecule has 0 aromatic carbocycles. The summed E-state index contributed by atoms with van der Waals surface area (Å²) in [7, 11) is 4.23. The lowest BCUT2D eigenvalue weighted by atomic mass is 10.3. The van der Waals surface area contributed by atoms with Crippen molar-refractivity contribution in [3.05, 3.63) is 0 Å². The Kier molecular flexibility index (Phi) is 10.8. The number of carbonyl (C=O) groups is 1. The Bertz CT molecular complexity index is 221. The molecule has 0 aromatic rings. The fraction of sp³-hybridized carbons (Fsp3) is 0.929. The molecule has 0 atom stereocenters. The van der Waals surface area contributed by atoms with Gasteiger partial charge in [0.15, 0.2) is 0 Å². The monoisotopic (exact) mass is 272 g/mol. The van der Waals surface area contributed by atoms with E-state index in [2.05, 4.69) is 29.2 Å². The van der Waals surface area contributed by atoms with Gasteiger partial charge in [-0.3, -0.25) is 4.79 Å². The maximum atomic E-state index is 10.8. The van der Waals surface area contributed by atoms with Crippen molar-refractivity contribution >= 4 is 5.91 Å². The lowest BCUT2D eigenvalue weighted by molar-refractivity contribution is -0.130. The largest absolute Gasteiger partial charge is 0.340 e. The van der Waals surface area contributed by atoms with Crippen molar-refractivity contribution < 1.29 is 4.79 Å². The van der Waals surface area contributed by atoms with Gasteiger partial charge in [-0.25, -0.2) is 0 Å². The number of piperazine rings is 2. The molecule has 0 aliphatic carbocycles. The van der Waals surface area contributed by atoms with Gasteiger partial charge in [-0.05, 0) is 14.1 Å². The number of hydrogen-bond acceptors (Lipinski definition) is 4. The Balaban J connectivity index is 0.000000316. The highest BCUT2D eigenvalue weighted by Crippen LogP contribution is 1.98. The average molecular weight is 272 g/mol. The summed E-state index contributed by atoms with van der Waals surface area (Å²) in [4.78, 5) is 17.3. The second-order valence-corrected chi connectivity index (χ2v) is 4.86. The average Bonchev–Trinajstić information content (AvgIpc) is 2.43. The summed E-state index contributed by atoms with van der Waals surface area (Å²) < 4.78 is 0. The minimum absolute atomic E-state index is 0.202. The van der Waals surface area contributed by atoms with E-state index in [4.69, 9.17) is 0 Å². The van der Waals surface area contributed by atoms with E-state index in [1.54, 1.807) is 6.92 Å². The maximum Gasteiger partial charge on any atom is 0.219 e. The highest BCUT2D eigenvalue weighted by Gasteiger charge is 2.14. The molecule has 0 spiro atoms. The number of nitrogens with one attached hydrogen (secondary N) is 1. The zero-order valence-electron chi connectivity index (χ0n) is 13.4. The first-order valence-electron chi connectivity index (χ1n) is 7.43. The Morgan fingerprint density at radius 2 is 1.26 bits per heavy atom. The molecule has 2 rings (SSSR count). The molecule has 0 aromatic heterocycles. The molecular formula is C14H32N4O. The van der Waals surface area contributed by atoms with Crippen molar-refractivity contribution in [2.24, 2.45) is 0 Å². The van der Waals surface area contributed by atoms with E-state index >= 15 is 0 Å². The lowest BCUT2D eigenvalue weighted by Crippen LogP contribution is -2.46. The molecule has 5 heteroatoms. The first kappa shape index (κ1) is 18.4. The Labute approximate surface area is 118 Å². The summed E-state index contributed by atoms with van der Waals surface area (Å²) in [6, 6.07) is 0. The molecular weight excluding hydrogens is 240 g/mol. The van der Waals surface area contributed by atoms with Crippen LogP contribution >= 0.6 is 0 Å². The van der Waals surface area contributed by atoms with E-state index in [1.807, 2.05) is 18.7 Å². The standard InChI is InChI=1S/C7H14N2O.C5H12N2.C2H6/c1-7(10)9-5-3-8(2)4-6-9;1-7-4-2-6-3-5-7;1-2/h3-6H2,1-2H3;6H,2-5H2,1H3;1-2H3. The highest BCUT2D eigenvalue weighted by molar-refractivity contribution is 5.73. The lowest BCUT2D eigenvalue weighted by Gasteiger charge is -2.31. The van der Waals surface area contributed by atoms with E-state index < -0.39 is 0 Å². The Morgan fingerprint density at radius 3 is 1.58 bits per heavy atom. The van der Waals surface area contributed by atoms with Crippen molar-refractivity contribution in [3.63, 3.8) is 0 Å². The predicted molar refractivity (Wildman–Crippen MR) is 81.5 cm³/mol. The van der Waals surface area contributed by atoms with E-state index in [9.17, 15) is 4.79 Å². The first-order chi connectivity index (χ1) is 9.09. The number of carbonyl (C=O) groups excluding carboxylic acids is 1. The first-order valence-corrected chi connectivity index (χ1v) is 7.43. The van der Waals surface area contributed by atoms with Crippen LogP contribution in [0.5, 0.6) is 0 Å². The fourth-order valence-electron chi connectivity index (χ4n) is 1.90. The second kappa shape index (κ2) is 11.2. The fourth-order valence-corrected chi connectivity index (χ4v) is 1.90. The molecule has 2 aliphatic rings. The van der Waals surface area contributed by atoms with Crippen LogP contribution in [0.1, 0.15) is 20.8 Å². The van der Waals surface area contributed by atoms with Crippen LogP contribution in [0.3, 0.4) is 0 Å². The molecule has 0 radical (unpaired) electrons. The van der Waals surface area contributed by atoms with E-state index in [1.165, 1.54) is 13.1 Å². The zero-order valence-corrected chi connectivity index (χ0v) is 13.4. The smallest absolute Gasteiger partial charge is 0.219 e. The molecule has 2 saturated heterocycles. The van der Waals surface area contributed by atoms with Gasteiger partial charge in [0, 0.05) is 59.3 Å².